The maximum Gasteiger partial charge on any atom is 0.280 e. The molecule has 0 saturated carbocycles. The summed E-state index contributed by atoms with van der Waals surface area (Å²) >= 11 is 3.44. The first-order valence-electron chi connectivity index (χ1n) is 8.29. The Morgan fingerprint density at radius 1 is 1.26 bits per heavy atom. The van der Waals surface area contributed by atoms with Gasteiger partial charge in [0.1, 0.15) is 5.75 Å². The van der Waals surface area contributed by atoms with Crippen LogP contribution in [-0.2, 0) is 6.54 Å². The van der Waals surface area contributed by atoms with E-state index in [1.54, 1.807) is 7.11 Å². The Labute approximate surface area is 165 Å². The Morgan fingerprint density at radius 2 is 2.04 bits per heavy atom. The maximum atomic E-state index is 12.6. The second kappa shape index (κ2) is 7.79. The Balaban J connectivity index is 1.84. The normalized spacial score (nSPS) is 10.7. The highest BCUT2D eigenvalue weighted by Gasteiger charge is 2.19. The molecule has 0 atom stereocenters. The molecule has 0 aliphatic heterocycles. The van der Waals surface area contributed by atoms with Crippen LogP contribution in [0.3, 0.4) is 0 Å². The monoisotopic (exact) mass is 429 g/mol. The summed E-state index contributed by atoms with van der Waals surface area (Å²) < 4.78 is 7.75. The standard InChI is InChI=1S/C19H20BrN5O2/c1-11-4-5-12(2)15(8-11)22-19(26)17-18(21)25(24-23-17)10-13-9-14(20)6-7-16(13)27-3/h4-9H,10,21H2,1-3H3,(H,22,26). The number of benzene rings is 2. The quantitative estimate of drug-likeness (QED) is 0.646. The van der Waals surface area contributed by atoms with Gasteiger partial charge in [-0.15, -0.1) is 5.10 Å². The number of aryl methyl sites for hydroxylation is 2. The van der Waals surface area contributed by atoms with E-state index in [9.17, 15) is 4.79 Å². The fraction of sp³-hybridized carbons (Fsp3) is 0.211. The summed E-state index contributed by atoms with van der Waals surface area (Å²) in [5, 5.41) is 10.8. The predicted molar refractivity (Wildman–Crippen MR) is 108 cm³/mol. The van der Waals surface area contributed by atoms with Crippen LogP contribution in [0.2, 0.25) is 0 Å². The van der Waals surface area contributed by atoms with Crippen LogP contribution in [0.1, 0.15) is 27.2 Å². The van der Waals surface area contributed by atoms with Gasteiger partial charge in [-0.1, -0.05) is 33.3 Å². The highest BCUT2D eigenvalue weighted by molar-refractivity contribution is 9.10. The van der Waals surface area contributed by atoms with E-state index in [2.05, 4.69) is 31.6 Å². The van der Waals surface area contributed by atoms with Gasteiger partial charge in [-0.2, -0.15) is 0 Å². The van der Waals surface area contributed by atoms with Crippen LogP contribution >= 0.6 is 15.9 Å². The number of methoxy groups -OCH3 is 1. The first-order valence-corrected chi connectivity index (χ1v) is 9.08. The molecule has 0 spiro atoms. The van der Waals surface area contributed by atoms with Crippen molar-refractivity contribution >= 4 is 33.3 Å². The lowest BCUT2D eigenvalue weighted by Crippen LogP contribution is -2.16. The zero-order valence-corrected chi connectivity index (χ0v) is 16.9. The third-order valence-corrected chi connectivity index (χ3v) is 4.69. The molecule has 0 aliphatic carbocycles. The number of anilines is 2. The molecular formula is C19H20BrN5O2. The van der Waals surface area contributed by atoms with Gasteiger partial charge in [-0.3, -0.25) is 4.79 Å². The topological polar surface area (TPSA) is 95.1 Å². The number of nitrogens with zero attached hydrogens (tertiary/aromatic N) is 3. The summed E-state index contributed by atoms with van der Waals surface area (Å²) in [6, 6.07) is 11.5. The Hall–Kier alpha value is -2.87. The second-order valence-electron chi connectivity index (χ2n) is 6.21. The molecule has 7 nitrogen and oxygen atoms in total. The van der Waals surface area contributed by atoms with Crippen LogP contribution in [0.25, 0.3) is 0 Å². The van der Waals surface area contributed by atoms with Gasteiger partial charge in [0.2, 0.25) is 0 Å². The van der Waals surface area contributed by atoms with Crippen molar-refractivity contribution in [2.45, 2.75) is 20.4 Å². The van der Waals surface area contributed by atoms with Crippen molar-refractivity contribution in [2.24, 2.45) is 0 Å². The van der Waals surface area contributed by atoms with E-state index >= 15 is 0 Å². The molecule has 1 heterocycles. The smallest absolute Gasteiger partial charge is 0.280 e. The maximum absolute atomic E-state index is 12.6. The number of carbonyl (C=O) groups is 1. The first kappa shape index (κ1) is 18.9. The third kappa shape index (κ3) is 4.11. The highest BCUT2D eigenvalue weighted by Crippen LogP contribution is 2.25. The molecule has 0 bridgehead atoms. The molecule has 0 radical (unpaired) electrons. The molecular weight excluding hydrogens is 410 g/mol. The van der Waals surface area contributed by atoms with E-state index in [1.807, 2.05) is 50.2 Å². The fourth-order valence-corrected chi connectivity index (χ4v) is 3.09. The molecule has 3 aromatic rings. The summed E-state index contributed by atoms with van der Waals surface area (Å²) in [7, 11) is 1.60. The Morgan fingerprint density at radius 3 is 2.78 bits per heavy atom. The van der Waals surface area contributed by atoms with Gasteiger partial charge >= 0.3 is 0 Å². The molecule has 3 rings (SSSR count). The minimum Gasteiger partial charge on any atom is -0.496 e. The van der Waals surface area contributed by atoms with E-state index in [0.29, 0.717) is 12.3 Å². The predicted octanol–water partition coefficient (Wildman–Crippen LogP) is 3.55. The number of nitrogens with one attached hydrogen (secondary N) is 1. The molecule has 0 fully saturated rings. The van der Waals surface area contributed by atoms with Crippen LogP contribution in [0, 0.1) is 13.8 Å². The molecule has 2 aromatic carbocycles. The minimum absolute atomic E-state index is 0.0878. The SMILES string of the molecule is COc1ccc(Br)cc1Cn1nnc(C(=O)Nc2cc(C)ccc2C)c1N. The van der Waals surface area contributed by atoms with Crippen molar-refractivity contribution in [1.29, 1.82) is 0 Å². The van der Waals surface area contributed by atoms with Crippen molar-refractivity contribution in [2.75, 3.05) is 18.2 Å². The number of amides is 1. The van der Waals surface area contributed by atoms with Crippen LogP contribution in [0.15, 0.2) is 40.9 Å². The van der Waals surface area contributed by atoms with Gasteiger partial charge in [0.05, 0.1) is 13.7 Å². The molecule has 1 aromatic heterocycles. The van der Waals surface area contributed by atoms with E-state index in [4.69, 9.17) is 10.5 Å². The molecule has 0 unspecified atom stereocenters. The first-order chi connectivity index (χ1) is 12.9. The van der Waals surface area contributed by atoms with Crippen LogP contribution in [0.4, 0.5) is 11.5 Å². The van der Waals surface area contributed by atoms with E-state index < -0.39 is 5.91 Å². The van der Waals surface area contributed by atoms with Crippen LogP contribution in [-0.4, -0.2) is 28.0 Å². The number of halogens is 1. The zero-order chi connectivity index (χ0) is 19.6. The van der Waals surface area contributed by atoms with Crippen molar-refractivity contribution in [3.8, 4) is 5.75 Å². The number of carbonyl (C=O) groups excluding carboxylic acids is 1. The third-order valence-electron chi connectivity index (χ3n) is 4.19. The number of rotatable bonds is 5. The Bertz CT molecular complexity index is 1000. The average molecular weight is 430 g/mol. The van der Waals surface area contributed by atoms with Gasteiger partial charge in [-0.05, 0) is 49.2 Å². The van der Waals surface area contributed by atoms with Crippen LogP contribution < -0.4 is 15.8 Å². The van der Waals surface area contributed by atoms with Crippen LogP contribution in [0.5, 0.6) is 5.75 Å². The van der Waals surface area contributed by atoms with E-state index in [1.165, 1.54) is 4.68 Å². The molecule has 3 N–H and O–H groups in total. The van der Waals surface area contributed by atoms with Gasteiger partial charge in [-0.25, -0.2) is 4.68 Å². The summed E-state index contributed by atoms with van der Waals surface area (Å²) in [4.78, 5) is 12.6. The van der Waals surface area contributed by atoms with E-state index in [0.717, 1.165) is 26.9 Å². The van der Waals surface area contributed by atoms with Crippen molar-refractivity contribution in [3.63, 3.8) is 0 Å². The fourth-order valence-electron chi connectivity index (χ4n) is 2.68. The van der Waals surface area contributed by atoms with Gasteiger partial charge in [0, 0.05) is 15.7 Å². The zero-order valence-electron chi connectivity index (χ0n) is 15.3. The lowest BCUT2D eigenvalue weighted by atomic mass is 10.1. The van der Waals surface area contributed by atoms with Gasteiger partial charge in [0.25, 0.3) is 5.91 Å². The summed E-state index contributed by atoms with van der Waals surface area (Å²) in [6.45, 7) is 4.22. The molecule has 27 heavy (non-hydrogen) atoms. The van der Waals surface area contributed by atoms with Gasteiger partial charge < -0.3 is 15.8 Å². The van der Waals surface area contributed by atoms with Gasteiger partial charge in [0.15, 0.2) is 11.5 Å². The molecule has 0 aliphatic rings. The number of aromatic nitrogens is 3. The van der Waals surface area contributed by atoms with E-state index in [-0.39, 0.29) is 11.5 Å². The number of nitrogen functional groups attached to an aromatic ring is 1. The number of hydrogen-bond acceptors (Lipinski definition) is 5. The molecule has 8 heteroatoms. The van der Waals surface area contributed by atoms with Crippen molar-refractivity contribution < 1.29 is 9.53 Å². The lowest BCUT2D eigenvalue weighted by Gasteiger charge is -2.10. The number of ether oxygens (including phenoxy) is 1. The largest absolute Gasteiger partial charge is 0.496 e. The molecule has 1 amide bonds. The number of nitrogens with two attached hydrogens (primary N) is 1. The average Bonchev–Trinajstić information content (AvgIpc) is 2.99. The summed E-state index contributed by atoms with van der Waals surface area (Å²) in [5.74, 6) is 0.503. The highest BCUT2D eigenvalue weighted by atomic mass is 79.9. The van der Waals surface area contributed by atoms with Crippen molar-refractivity contribution in [1.82, 2.24) is 15.0 Å². The lowest BCUT2D eigenvalue weighted by molar-refractivity contribution is 0.102. The van der Waals surface area contributed by atoms with Crippen molar-refractivity contribution in [3.05, 3.63) is 63.3 Å². The summed E-state index contributed by atoms with van der Waals surface area (Å²) in [6.07, 6.45) is 0. The minimum atomic E-state index is -0.395. The summed E-state index contributed by atoms with van der Waals surface area (Å²) in [5.41, 5.74) is 9.81. The molecule has 140 valence electrons. The molecule has 0 saturated heterocycles. The number of hydrogen-bond donors (Lipinski definition) is 2. The second-order valence-corrected chi connectivity index (χ2v) is 7.13. The Kier molecular flexibility index (Phi) is 5.46.